The molecular weight excluding hydrogens is 264 g/mol. The smallest absolute Gasteiger partial charge is 0.122 e. The highest BCUT2D eigenvalue weighted by Gasteiger charge is 2.08. The molecule has 3 nitrogen and oxygen atoms in total. The number of para-hydroxylation sites is 1. The summed E-state index contributed by atoms with van der Waals surface area (Å²) >= 11 is 0. The number of hydrogen-bond acceptors (Lipinski definition) is 3. The van der Waals surface area contributed by atoms with Crippen molar-refractivity contribution in [1.29, 1.82) is 0 Å². The minimum absolute atomic E-state index is 0.351. The van der Waals surface area contributed by atoms with Crippen molar-refractivity contribution in [2.45, 2.75) is 25.6 Å². The highest BCUT2D eigenvalue weighted by Crippen LogP contribution is 2.19. The van der Waals surface area contributed by atoms with Gasteiger partial charge >= 0.3 is 0 Å². The first kappa shape index (κ1) is 15.5. The van der Waals surface area contributed by atoms with Crippen LogP contribution in [0.5, 0.6) is 5.75 Å². The molecule has 1 atom stereocenters. The average Bonchev–Trinajstić information content (AvgIpc) is 2.54. The molecule has 0 aliphatic carbocycles. The lowest BCUT2D eigenvalue weighted by Gasteiger charge is -2.13. The molecule has 0 fully saturated rings. The normalized spacial score (nSPS) is 12.1. The van der Waals surface area contributed by atoms with E-state index in [2.05, 4.69) is 0 Å². The van der Waals surface area contributed by atoms with Gasteiger partial charge in [0, 0.05) is 0 Å². The molecule has 0 aliphatic rings. The Hall–Kier alpha value is -1.84. The fourth-order valence-electron chi connectivity index (χ4n) is 2.20. The fourth-order valence-corrected chi connectivity index (χ4v) is 2.20. The van der Waals surface area contributed by atoms with E-state index < -0.39 is 6.10 Å². The summed E-state index contributed by atoms with van der Waals surface area (Å²) in [5.74, 6) is 0.870. The van der Waals surface area contributed by atoms with Crippen LogP contribution in [0.3, 0.4) is 0 Å². The van der Waals surface area contributed by atoms with E-state index >= 15 is 0 Å². The van der Waals surface area contributed by atoms with Crippen molar-refractivity contribution in [1.82, 2.24) is 0 Å². The van der Waals surface area contributed by atoms with Crippen molar-refractivity contribution in [3.8, 4) is 5.75 Å². The van der Waals surface area contributed by atoms with Gasteiger partial charge in [0.1, 0.15) is 5.75 Å². The van der Waals surface area contributed by atoms with Gasteiger partial charge in [-0.3, -0.25) is 0 Å². The van der Waals surface area contributed by atoms with Gasteiger partial charge in [-0.2, -0.15) is 0 Å². The third-order valence-electron chi connectivity index (χ3n) is 3.36. The van der Waals surface area contributed by atoms with E-state index in [1.807, 2.05) is 54.6 Å². The maximum atomic E-state index is 9.99. The molecule has 0 amide bonds. The van der Waals surface area contributed by atoms with Crippen LogP contribution in [0.4, 0.5) is 0 Å². The Morgan fingerprint density at radius 3 is 2.48 bits per heavy atom. The molecule has 0 aromatic heterocycles. The third kappa shape index (κ3) is 5.21. The Bertz CT molecular complexity index is 525. The lowest BCUT2D eigenvalue weighted by molar-refractivity contribution is 0.0247. The Balaban J connectivity index is 1.71. The van der Waals surface area contributed by atoms with Crippen molar-refractivity contribution < 1.29 is 14.6 Å². The summed E-state index contributed by atoms with van der Waals surface area (Å²) in [5, 5.41) is 9.99. The van der Waals surface area contributed by atoms with Gasteiger partial charge in [0.25, 0.3) is 0 Å². The van der Waals surface area contributed by atoms with Crippen LogP contribution in [-0.4, -0.2) is 24.9 Å². The number of hydrogen-bond donors (Lipinski definition) is 1. The number of methoxy groups -OCH3 is 1. The Kier molecular flexibility index (Phi) is 6.25. The Labute approximate surface area is 126 Å². The quantitative estimate of drug-likeness (QED) is 0.810. The first-order chi connectivity index (χ1) is 10.3. The fraction of sp³-hybridized carbons (Fsp3) is 0.333. The molecule has 0 saturated heterocycles. The van der Waals surface area contributed by atoms with Gasteiger partial charge in [0.2, 0.25) is 0 Å². The molecule has 1 unspecified atom stereocenters. The summed E-state index contributed by atoms with van der Waals surface area (Å²) < 4.78 is 10.8. The molecule has 0 heterocycles. The van der Waals surface area contributed by atoms with Crippen LogP contribution in [0.25, 0.3) is 0 Å². The number of aryl methyl sites for hydroxylation is 1. The number of benzene rings is 2. The van der Waals surface area contributed by atoms with Crippen molar-refractivity contribution in [2.75, 3.05) is 13.7 Å². The first-order valence-electron chi connectivity index (χ1n) is 7.21. The Morgan fingerprint density at radius 1 is 1.00 bits per heavy atom. The second-order valence-corrected chi connectivity index (χ2v) is 5.01. The van der Waals surface area contributed by atoms with Crippen molar-refractivity contribution >= 4 is 0 Å². The highest BCUT2D eigenvalue weighted by atomic mass is 16.5. The summed E-state index contributed by atoms with van der Waals surface area (Å²) in [6.07, 6.45) is 0.980. The maximum absolute atomic E-state index is 9.99. The maximum Gasteiger partial charge on any atom is 0.122 e. The summed E-state index contributed by atoms with van der Waals surface area (Å²) in [7, 11) is 1.66. The van der Waals surface area contributed by atoms with E-state index in [1.165, 1.54) is 0 Å². The second-order valence-electron chi connectivity index (χ2n) is 5.01. The number of aliphatic hydroxyl groups is 1. The lowest BCUT2D eigenvalue weighted by atomic mass is 10.1. The molecule has 2 aromatic carbocycles. The van der Waals surface area contributed by atoms with Crippen molar-refractivity contribution in [3.63, 3.8) is 0 Å². The molecular formula is C18H22O3. The third-order valence-corrected chi connectivity index (χ3v) is 3.36. The van der Waals surface area contributed by atoms with Gasteiger partial charge < -0.3 is 14.6 Å². The van der Waals surface area contributed by atoms with Crippen LogP contribution in [0.1, 0.15) is 17.5 Å². The summed E-state index contributed by atoms with van der Waals surface area (Å²) in [5.41, 5.74) is 2.23. The van der Waals surface area contributed by atoms with Gasteiger partial charge in [0.15, 0.2) is 0 Å². The molecule has 0 saturated carbocycles. The van der Waals surface area contributed by atoms with Crippen LogP contribution >= 0.6 is 0 Å². The number of rotatable bonds is 8. The van der Waals surface area contributed by atoms with Crippen molar-refractivity contribution in [2.24, 2.45) is 0 Å². The van der Waals surface area contributed by atoms with E-state index in [-0.39, 0.29) is 0 Å². The predicted molar refractivity (Wildman–Crippen MR) is 83.4 cm³/mol. The predicted octanol–water partition coefficient (Wildman–Crippen LogP) is 3.21. The van der Waals surface area contributed by atoms with Gasteiger partial charge in [-0.1, -0.05) is 48.5 Å². The molecule has 0 spiro atoms. The van der Waals surface area contributed by atoms with Gasteiger partial charge in [0.05, 0.1) is 26.4 Å². The molecule has 1 N–H and O–H groups in total. The zero-order chi connectivity index (χ0) is 14.9. The van der Waals surface area contributed by atoms with Crippen LogP contribution in [-0.2, 0) is 17.8 Å². The molecule has 3 heteroatoms. The minimum atomic E-state index is -0.460. The molecule has 0 aliphatic heterocycles. The monoisotopic (exact) mass is 286 g/mol. The second kappa shape index (κ2) is 8.45. The highest BCUT2D eigenvalue weighted by molar-refractivity contribution is 5.33. The average molecular weight is 286 g/mol. The van der Waals surface area contributed by atoms with Crippen molar-refractivity contribution in [3.05, 3.63) is 65.7 Å². The summed E-state index contributed by atoms with van der Waals surface area (Å²) in [6.45, 7) is 0.886. The lowest BCUT2D eigenvalue weighted by Crippen LogP contribution is -2.16. The van der Waals surface area contributed by atoms with Crippen LogP contribution < -0.4 is 4.74 Å². The standard InChI is InChI=1S/C18H22O3/c1-20-18-10-6-5-9-16(18)11-12-17(19)14-21-13-15-7-3-2-4-8-15/h2-10,17,19H,11-14H2,1H3. The molecule has 0 radical (unpaired) electrons. The Morgan fingerprint density at radius 2 is 1.71 bits per heavy atom. The zero-order valence-corrected chi connectivity index (χ0v) is 12.4. The molecule has 0 bridgehead atoms. The van der Waals surface area contributed by atoms with E-state index in [1.54, 1.807) is 7.11 Å². The summed E-state index contributed by atoms with van der Waals surface area (Å²) in [4.78, 5) is 0. The van der Waals surface area contributed by atoms with Gasteiger partial charge in [-0.25, -0.2) is 0 Å². The number of aliphatic hydroxyl groups excluding tert-OH is 1. The first-order valence-corrected chi connectivity index (χ1v) is 7.21. The van der Waals surface area contributed by atoms with Gasteiger partial charge in [-0.15, -0.1) is 0 Å². The minimum Gasteiger partial charge on any atom is -0.496 e. The van der Waals surface area contributed by atoms with Crippen LogP contribution in [0.15, 0.2) is 54.6 Å². The molecule has 2 aromatic rings. The van der Waals surface area contributed by atoms with E-state index in [0.29, 0.717) is 19.6 Å². The van der Waals surface area contributed by atoms with E-state index in [9.17, 15) is 5.11 Å². The zero-order valence-electron chi connectivity index (χ0n) is 12.4. The molecule has 112 valence electrons. The van der Waals surface area contributed by atoms with E-state index in [0.717, 1.165) is 23.3 Å². The summed E-state index contributed by atoms with van der Waals surface area (Å²) in [6, 6.07) is 17.9. The number of ether oxygens (including phenoxy) is 2. The molecule has 2 rings (SSSR count). The van der Waals surface area contributed by atoms with Gasteiger partial charge in [-0.05, 0) is 30.0 Å². The molecule has 21 heavy (non-hydrogen) atoms. The SMILES string of the molecule is COc1ccccc1CCC(O)COCc1ccccc1. The van der Waals surface area contributed by atoms with Crippen LogP contribution in [0, 0.1) is 0 Å². The topological polar surface area (TPSA) is 38.7 Å². The van der Waals surface area contributed by atoms with E-state index in [4.69, 9.17) is 9.47 Å². The largest absolute Gasteiger partial charge is 0.496 e. The van der Waals surface area contributed by atoms with Crippen LogP contribution in [0.2, 0.25) is 0 Å².